The Bertz CT molecular complexity index is 695. The van der Waals surface area contributed by atoms with E-state index in [1.165, 1.54) is 13.3 Å². The molecular weight excluding hydrogens is 318 g/mol. The Kier molecular flexibility index (Phi) is 5.39. The van der Waals surface area contributed by atoms with Gasteiger partial charge in [-0.3, -0.25) is 4.79 Å². The number of rotatable bonds is 5. The van der Waals surface area contributed by atoms with E-state index >= 15 is 0 Å². The molecular formula is C16H18ClN3O3. The number of methoxy groups -OCH3 is 1. The fourth-order valence-electron chi connectivity index (χ4n) is 2.02. The average molecular weight is 336 g/mol. The fraction of sp³-hybridized carbons (Fsp3) is 0.312. The molecule has 23 heavy (non-hydrogen) atoms. The lowest BCUT2D eigenvalue weighted by Gasteiger charge is -2.19. The largest absolute Gasteiger partial charge is 0.467 e. The zero-order chi connectivity index (χ0) is 17.0. The van der Waals surface area contributed by atoms with Crippen LogP contribution in [-0.4, -0.2) is 34.8 Å². The average Bonchev–Trinajstić information content (AvgIpc) is 3.02. The zero-order valence-electron chi connectivity index (χ0n) is 13.1. The van der Waals surface area contributed by atoms with Crippen LogP contribution in [0.2, 0.25) is 5.02 Å². The van der Waals surface area contributed by atoms with E-state index in [-0.39, 0.29) is 11.8 Å². The second kappa shape index (κ2) is 7.28. The van der Waals surface area contributed by atoms with Crippen molar-refractivity contribution in [1.82, 2.24) is 15.1 Å². The van der Waals surface area contributed by atoms with E-state index in [1.807, 2.05) is 13.8 Å². The van der Waals surface area contributed by atoms with Gasteiger partial charge in [0.25, 0.3) is 5.91 Å². The van der Waals surface area contributed by atoms with Crippen molar-refractivity contribution in [3.05, 3.63) is 47.2 Å². The molecule has 0 aliphatic carbocycles. The summed E-state index contributed by atoms with van der Waals surface area (Å²) in [5.41, 5.74) is 1.14. The lowest BCUT2D eigenvalue weighted by molar-refractivity contribution is -0.144. The molecule has 0 bridgehead atoms. The van der Waals surface area contributed by atoms with Crippen LogP contribution in [-0.2, 0) is 9.53 Å². The molecule has 2 rings (SSSR count). The molecule has 0 saturated heterocycles. The number of amides is 1. The fourth-order valence-corrected chi connectivity index (χ4v) is 2.15. The highest BCUT2D eigenvalue weighted by Gasteiger charge is 2.25. The summed E-state index contributed by atoms with van der Waals surface area (Å²) in [7, 11) is 1.29. The van der Waals surface area contributed by atoms with Crippen LogP contribution in [0, 0.1) is 5.92 Å². The lowest BCUT2D eigenvalue weighted by atomic mass is 10.0. The van der Waals surface area contributed by atoms with E-state index < -0.39 is 12.0 Å². The van der Waals surface area contributed by atoms with E-state index in [1.54, 1.807) is 35.1 Å². The molecule has 6 nitrogen and oxygen atoms in total. The number of esters is 1. The molecule has 1 aromatic carbocycles. The molecule has 1 unspecified atom stereocenters. The summed E-state index contributed by atoms with van der Waals surface area (Å²) in [6.45, 7) is 3.66. The van der Waals surface area contributed by atoms with Crippen molar-refractivity contribution in [2.24, 2.45) is 5.92 Å². The third kappa shape index (κ3) is 4.10. The minimum atomic E-state index is -0.702. The van der Waals surface area contributed by atoms with Gasteiger partial charge in [-0.25, -0.2) is 9.48 Å². The number of nitrogens with one attached hydrogen (secondary N) is 1. The number of hydrogen-bond donors (Lipinski definition) is 1. The lowest BCUT2D eigenvalue weighted by Crippen LogP contribution is -2.44. The quantitative estimate of drug-likeness (QED) is 0.852. The van der Waals surface area contributed by atoms with E-state index in [0.717, 1.165) is 5.69 Å². The van der Waals surface area contributed by atoms with Gasteiger partial charge in [0.2, 0.25) is 0 Å². The van der Waals surface area contributed by atoms with Crippen LogP contribution in [0.5, 0.6) is 0 Å². The van der Waals surface area contributed by atoms with Gasteiger partial charge in [0.1, 0.15) is 6.04 Å². The first-order valence-corrected chi connectivity index (χ1v) is 7.49. The monoisotopic (exact) mass is 335 g/mol. The highest BCUT2D eigenvalue weighted by molar-refractivity contribution is 6.30. The van der Waals surface area contributed by atoms with E-state index in [2.05, 4.69) is 10.4 Å². The number of benzene rings is 1. The van der Waals surface area contributed by atoms with Crippen molar-refractivity contribution in [1.29, 1.82) is 0 Å². The van der Waals surface area contributed by atoms with E-state index in [4.69, 9.17) is 16.3 Å². The molecule has 1 amide bonds. The highest BCUT2D eigenvalue weighted by atomic mass is 35.5. The number of carbonyl (C=O) groups excluding carboxylic acids is 2. The summed E-state index contributed by atoms with van der Waals surface area (Å²) in [5.74, 6) is -0.939. The third-order valence-electron chi connectivity index (χ3n) is 3.34. The molecule has 0 aliphatic rings. The molecule has 0 saturated carbocycles. The standard InChI is InChI=1S/C16H18ClN3O3/c1-10(2)14(16(22)23-3)19-15(21)11-8-18-20(9-11)13-6-4-12(17)5-7-13/h4-10,14H,1-3H3,(H,19,21). The molecule has 1 heterocycles. The van der Waals surface area contributed by atoms with Crippen molar-refractivity contribution >= 4 is 23.5 Å². The SMILES string of the molecule is COC(=O)C(NC(=O)c1cnn(-c2ccc(Cl)cc2)c1)C(C)C. The number of carbonyl (C=O) groups is 2. The van der Waals surface area contributed by atoms with Gasteiger partial charge < -0.3 is 10.1 Å². The summed E-state index contributed by atoms with van der Waals surface area (Å²) < 4.78 is 6.27. The summed E-state index contributed by atoms with van der Waals surface area (Å²) in [6, 6.07) is 6.37. The normalized spacial score (nSPS) is 12.0. The van der Waals surface area contributed by atoms with Crippen LogP contribution in [0.4, 0.5) is 0 Å². The predicted molar refractivity (Wildman–Crippen MR) is 86.7 cm³/mol. The van der Waals surface area contributed by atoms with E-state index in [9.17, 15) is 9.59 Å². The van der Waals surface area contributed by atoms with Crippen LogP contribution in [0.1, 0.15) is 24.2 Å². The molecule has 0 fully saturated rings. The Morgan fingerprint density at radius 1 is 1.26 bits per heavy atom. The van der Waals surface area contributed by atoms with Gasteiger partial charge in [-0.05, 0) is 30.2 Å². The number of ether oxygens (including phenoxy) is 1. The van der Waals surface area contributed by atoms with Gasteiger partial charge in [-0.2, -0.15) is 5.10 Å². The first-order chi connectivity index (χ1) is 10.9. The predicted octanol–water partition coefficient (Wildman–Crippen LogP) is 2.45. The molecule has 0 radical (unpaired) electrons. The van der Waals surface area contributed by atoms with E-state index in [0.29, 0.717) is 10.6 Å². The second-order valence-corrected chi connectivity index (χ2v) is 5.80. The van der Waals surface area contributed by atoms with Gasteiger partial charge in [-0.1, -0.05) is 25.4 Å². The number of aromatic nitrogens is 2. The Hall–Kier alpha value is -2.34. The molecule has 7 heteroatoms. The Labute approximate surface area is 139 Å². The zero-order valence-corrected chi connectivity index (χ0v) is 13.9. The number of halogens is 1. The molecule has 1 aromatic heterocycles. The molecule has 1 atom stereocenters. The molecule has 0 spiro atoms. The number of nitrogens with zero attached hydrogens (tertiary/aromatic N) is 2. The summed E-state index contributed by atoms with van der Waals surface area (Å²) >= 11 is 5.85. The molecule has 0 aliphatic heterocycles. The maximum absolute atomic E-state index is 12.3. The Morgan fingerprint density at radius 2 is 1.91 bits per heavy atom. The minimum Gasteiger partial charge on any atom is -0.467 e. The van der Waals surface area contributed by atoms with Crippen LogP contribution < -0.4 is 5.32 Å². The number of hydrogen-bond acceptors (Lipinski definition) is 4. The van der Waals surface area contributed by atoms with Crippen LogP contribution >= 0.6 is 11.6 Å². The first-order valence-electron chi connectivity index (χ1n) is 7.11. The maximum atomic E-state index is 12.3. The van der Waals surface area contributed by atoms with Crippen molar-refractivity contribution in [2.45, 2.75) is 19.9 Å². The summed E-state index contributed by atoms with van der Waals surface area (Å²) in [5, 5.41) is 7.44. The molecule has 2 aromatic rings. The van der Waals surface area contributed by atoms with Crippen LogP contribution in [0.25, 0.3) is 5.69 Å². The van der Waals surface area contributed by atoms with Crippen LogP contribution in [0.15, 0.2) is 36.7 Å². The smallest absolute Gasteiger partial charge is 0.328 e. The van der Waals surface area contributed by atoms with Crippen molar-refractivity contribution in [3.63, 3.8) is 0 Å². The topological polar surface area (TPSA) is 73.2 Å². The summed E-state index contributed by atoms with van der Waals surface area (Å²) in [4.78, 5) is 24.0. The van der Waals surface area contributed by atoms with Crippen molar-refractivity contribution < 1.29 is 14.3 Å². The van der Waals surface area contributed by atoms with Gasteiger partial charge in [0.15, 0.2) is 0 Å². The molecule has 1 N–H and O–H groups in total. The minimum absolute atomic E-state index is 0.0855. The van der Waals surface area contributed by atoms with Gasteiger partial charge in [0, 0.05) is 11.2 Å². The second-order valence-electron chi connectivity index (χ2n) is 5.37. The Balaban J connectivity index is 2.14. The van der Waals surface area contributed by atoms with Gasteiger partial charge in [-0.15, -0.1) is 0 Å². The summed E-state index contributed by atoms with van der Waals surface area (Å²) in [6.07, 6.45) is 3.03. The Morgan fingerprint density at radius 3 is 2.48 bits per heavy atom. The van der Waals surface area contributed by atoms with Gasteiger partial charge in [0.05, 0.1) is 24.6 Å². The maximum Gasteiger partial charge on any atom is 0.328 e. The third-order valence-corrected chi connectivity index (χ3v) is 3.60. The molecule has 122 valence electrons. The van der Waals surface area contributed by atoms with Crippen molar-refractivity contribution in [3.8, 4) is 5.69 Å². The van der Waals surface area contributed by atoms with Gasteiger partial charge >= 0.3 is 5.97 Å². The van der Waals surface area contributed by atoms with Crippen LogP contribution in [0.3, 0.4) is 0 Å². The first kappa shape index (κ1) is 17.0. The highest BCUT2D eigenvalue weighted by Crippen LogP contribution is 2.14. The van der Waals surface area contributed by atoms with Crippen molar-refractivity contribution in [2.75, 3.05) is 7.11 Å².